The van der Waals surface area contributed by atoms with Gasteiger partial charge in [-0.15, -0.1) is 0 Å². The van der Waals surface area contributed by atoms with Crippen LogP contribution in [-0.4, -0.2) is 10.6 Å². The summed E-state index contributed by atoms with van der Waals surface area (Å²) in [6.45, 7) is 3.16. The van der Waals surface area contributed by atoms with E-state index in [-0.39, 0.29) is 0 Å². The molecule has 0 aliphatic rings. The average Bonchev–Trinajstić information content (AvgIpc) is 2.74. The van der Waals surface area contributed by atoms with E-state index < -0.39 is 0 Å². The number of aromatic nitrogens is 1. The Labute approximate surface area is 103 Å². The summed E-state index contributed by atoms with van der Waals surface area (Å²) in [6, 6.07) is 15.3. The first-order chi connectivity index (χ1) is 8.25. The van der Waals surface area contributed by atoms with E-state index in [0.29, 0.717) is 6.04 Å². The fraction of sp³-hybridized carbons (Fsp3) is 0.333. The summed E-state index contributed by atoms with van der Waals surface area (Å²) in [6.07, 6.45) is 3.16. The number of hydrogen-bond acceptors (Lipinski definition) is 1. The van der Waals surface area contributed by atoms with Crippen molar-refractivity contribution in [1.29, 1.82) is 0 Å². The van der Waals surface area contributed by atoms with Gasteiger partial charge in [-0.05, 0) is 31.0 Å². The molecular formula is C15H20N2. The molecule has 1 unspecified atom stereocenters. The summed E-state index contributed by atoms with van der Waals surface area (Å²) < 4.78 is 2.15. The quantitative estimate of drug-likeness (QED) is 0.832. The van der Waals surface area contributed by atoms with Gasteiger partial charge in [0.1, 0.15) is 0 Å². The van der Waals surface area contributed by atoms with E-state index in [1.54, 1.807) is 0 Å². The molecule has 1 heterocycles. The van der Waals surface area contributed by atoms with Crippen LogP contribution in [0.25, 0.3) is 0 Å². The Morgan fingerprint density at radius 2 is 1.88 bits per heavy atom. The van der Waals surface area contributed by atoms with Crippen molar-refractivity contribution in [2.45, 2.75) is 25.9 Å². The summed E-state index contributed by atoms with van der Waals surface area (Å²) >= 11 is 0. The Hall–Kier alpha value is -1.54. The van der Waals surface area contributed by atoms with E-state index >= 15 is 0 Å². The smallest absolute Gasteiger partial charge is 0.0361 e. The van der Waals surface area contributed by atoms with Gasteiger partial charge in [-0.25, -0.2) is 0 Å². The molecule has 90 valence electrons. The highest BCUT2D eigenvalue weighted by atomic mass is 15.0. The third kappa shape index (κ3) is 3.46. The lowest BCUT2D eigenvalue weighted by molar-refractivity contribution is 0.532. The number of rotatable bonds is 5. The lowest BCUT2D eigenvalue weighted by atomic mass is 10.1. The van der Waals surface area contributed by atoms with Gasteiger partial charge in [-0.2, -0.15) is 0 Å². The van der Waals surface area contributed by atoms with Gasteiger partial charge in [0.25, 0.3) is 0 Å². The standard InChI is InChI=1S/C15H20N2/c1-13(11-14-7-4-3-5-8-14)16-12-15-9-6-10-17(15)2/h3-10,13,16H,11-12H2,1-2H3. The van der Waals surface area contributed by atoms with Crippen LogP contribution in [0.15, 0.2) is 48.7 Å². The SMILES string of the molecule is CC(Cc1ccccc1)NCc1cccn1C. The molecule has 0 spiro atoms. The Kier molecular flexibility index (Phi) is 3.99. The Bertz CT molecular complexity index is 445. The van der Waals surface area contributed by atoms with E-state index in [2.05, 4.69) is 72.5 Å². The van der Waals surface area contributed by atoms with Gasteiger partial charge in [-0.1, -0.05) is 30.3 Å². The number of hydrogen-bond donors (Lipinski definition) is 1. The monoisotopic (exact) mass is 228 g/mol. The predicted molar refractivity (Wildman–Crippen MR) is 71.9 cm³/mol. The topological polar surface area (TPSA) is 17.0 Å². The van der Waals surface area contributed by atoms with Crippen molar-refractivity contribution in [3.63, 3.8) is 0 Å². The third-order valence-corrected chi connectivity index (χ3v) is 3.07. The van der Waals surface area contributed by atoms with Gasteiger partial charge in [0.2, 0.25) is 0 Å². The van der Waals surface area contributed by atoms with Gasteiger partial charge in [-0.3, -0.25) is 0 Å². The number of benzene rings is 1. The largest absolute Gasteiger partial charge is 0.353 e. The Morgan fingerprint density at radius 1 is 1.12 bits per heavy atom. The highest BCUT2D eigenvalue weighted by Gasteiger charge is 2.03. The molecule has 0 saturated heterocycles. The van der Waals surface area contributed by atoms with E-state index in [9.17, 15) is 0 Å². The van der Waals surface area contributed by atoms with E-state index in [1.807, 2.05) is 0 Å². The van der Waals surface area contributed by atoms with Crippen LogP contribution < -0.4 is 5.32 Å². The lowest BCUT2D eigenvalue weighted by Gasteiger charge is -2.14. The Balaban J connectivity index is 1.82. The van der Waals surface area contributed by atoms with Crippen molar-refractivity contribution in [2.24, 2.45) is 7.05 Å². The second kappa shape index (κ2) is 5.69. The zero-order valence-corrected chi connectivity index (χ0v) is 10.6. The van der Waals surface area contributed by atoms with Crippen LogP contribution in [0.4, 0.5) is 0 Å². The summed E-state index contributed by atoms with van der Waals surface area (Å²) in [7, 11) is 2.08. The van der Waals surface area contributed by atoms with Gasteiger partial charge >= 0.3 is 0 Å². The minimum absolute atomic E-state index is 0.493. The fourth-order valence-corrected chi connectivity index (χ4v) is 2.00. The first-order valence-corrected chi connectivity index (χ1v) is 6.13. The van der Waals surface area contributed by atoms with E-state index in [0.717, 1.165) is 13.0 Å². The van der Waals surface area contributed by atoms with E-state index in [1.165, 1.54) is 11.3 Å². The van der Waals surface area contributed by atoms with Gasteiger partial charge in [0.15, 0.2) is 0 Å². The highest BCUT2D eigenvalue weighted by molar-refractivity contribution is 5.15. The molecule has 0 bridgehead atoms. The lowest BCUT2D eigenvalue weighted by Crippen LogP contribution is -2.28. The molecular weight excluding hydrogens is 208 g/mol. The van der Waals surface area contributed by atoms with Crippen molar-refractivity contribution in [1.82, 2.24) is 9.88 Å². The van der Waals surface area contributed by atoms with Crippen molar-refractivity contribution in [3.05, 3.63) is 59.9 Å². The van der Waals surface area contributed by atoms with Crippen LogP contribution in [-0.2, 0) is 20.0 Å². The molecule has 1 atom stereocenters. The molecule has 17 heavy (non-hydrogen) atoms. The average molecular weight is 228 g/mol. The van der Waals surface area contributed by atoms with Crippen LogP contribution in [0.1, 0.15) is 18.2 Å². The molecule has 0 radical (unpaired) electrons. The maximum Gasteiger partial charge on any atom is 0.0361 e. The summed E-state index contributed by atoms with van der Waals surface area (Å²) in [5, 5.41) is 3.55. The van der Waals surface area contributed by atoms with Gasteiger partial charge < -0.3 is 9.88 Å². The van der Waals surface area contributed by atoms with Crippen LogP contribution in [0.3, 0.4) is 0 Å². The summed E-state index contributed by atoms with van der Waals surface area (Å²) in [5.41, 5.74) is 2.71. The predicted octanol–water partition coefficient (Wildman–Crippen LogP) is 2.75. The molecule has 1 aromatic carbocycles. The third-order valence-electron chi connectivity index (χ3n) is 3.07. The second-order valence-corrected chi connectivity index (χ2v) is 4.58. The van der Waals surface area contributed by atoms with Crippen molar-refractivity contribution >= 4 is 0 Å². The number of aryl methyl sites for hydroxylation is 1. The maximum atomic E-state index is 3.55. The first-order valence-electron chi connectivity index (χ1n) is 6.13. The molecule has 0 fully saturated rings. The van der Waals surface area contributed by atoms with Crippen LogP contribution in [0.5, 0.6) is 0 Å². The molecule has 1 N–H and O–H groups in total. The molecule has 1 aromatic heterocycles. The highest BCUT2D eigenvalue weighted by Crippen LogP contribution is 2.04. The van der Waals surface area contributed by atoms with Crippen molar-refractivity contribution < 1.29 is 0 Å². The normalized spacial score (nSPS) is 12.6. The minimum atomic E-state index is 0.493. The molecule has 0 saturated carbocycles. The zero-order chi connectivity index (χ0) is 12.1. The van der Waals surface area contributed by atoms with Gasteiger partial charge in [0, 0.05) is 31.5 Å². The van der Waals surface area contributed by atoms with Crippen LogP contribution >= 0.6 is 0 Å². The summed E-state index contributed by atoms with van der Waals surface area (Å²) in [4.78, 5) is 0. The van der Waals surface area contributed by atoms with Crippen molar-refractivity contribution in [2.75, 3.05) is 0 Å². The van der Waals surface area contributed by atoms with Crippen LogP contribution in [0.2, 0.25) is 0 Å². The molecule has 2 nitrogen and oxygen atoms in total. The van der Waals surface area contributed by atoms with Gasteiger partial charge in [0.05, 0.1) is 0 Å². The second-order valence-electron chi connectivity index (χ2n) is 4.58. The summed E-state index contributed by atoms with van der Waals surface area (Å²) in [5.74, 6) is 0. The fourth-order valence-electron chi connectivity index (χ4n) is 2.00. The molecule has 2 rings (SSSR count). The maximum absolute atomic E-state index is 3.55. The Morgan fingerprint density at radius 3 is 2.53 bits per heavy atom. The molecule has 0 aliphatic carbocycles. The first kappa shape index (κ1) is 11.9. The molecule has 0 aliphatic heterocycles. The number of nitrogens with one attached hydrogen (secondary N) is 1. The molecule has 2 aromatic rings. The van der Waals surface area contributed by atoms with Crippen molar-refractivity contribution in [3.8, 4) is 0 Å². The van der Waals surface area contributed by atoms with E-state index in [4.69, 9.17) is 0 Å². The van der Waals surface area contributed by atoms with Crippen LogP contribution in [0, 0.1) is 0 Å². The minimum Gasteiger partial charge on any atom is -0.353 e. The molecule has 0 amide bonds. The molecule has 2 heteroatoms. The zero-order valence-electron chi connectivity index (χ0n) is 10.6. The number of nitrogens with zero attached hydrogens (tertiary/aromatic N) is 1.